The van der Waals surface area contributed by atoms with Gasteiger partial charge in [0.2, 0.25) is 11.8 Å². The first kappa shape index (κ1) is 19.2. The van der Waals surface area contributed by atoms with E-state index in [4.69, 9.17) is 4.42 Å². The van der Waals surface area contributed by atoms with Crippen LogP contribution in [0.15, 0.2) is 47.3 Å². The molecular weight excluding hydrogens is 334 g/mol. The fraction of sp³-hybridized carbons (Fsp3) is 0.316. The van der Waals surface area contributed by atoms with E-state index in [9.17, 15) is 14.4 Å². The lowest BCUT2D eigenvalue weighted by Crippen LogP contribution is -2.41. The van der Waals surface area contributed by atoms with Crippen molar-refractivity contribution >= 4 is 29.1 Å². The summed E-state index contributed by atoms with van der Waals surface area (Å²) >= 11 is 0. The Bertz CT molecular complexity index is 791. The second-order valence-corrected chi connectivity index (χ2v) is 6.98. The summed E-state index contributed by atoms with van der Waals surface area (Å²) in [4.78, 5) is 36.3. The minimum Gasteiger partial charge on any atom is -0.472 e. The van der Waals surface area contributed by atoms with Gasteiger partial charge < -0.3 is 20.4 Å². The smallest absolute Gasteiger partial charge is 0.255 e. The summed E-state index contributed by atoms with van der Waals surface area (Å²) < 4.78 is 4.85. The molecule has 1 aromatic heterocycles. The molecule has 0 radical (unpaired) electrons. The third kappa shape index (κ3) is 5.20. The molecule has 0 bridgehead atoms. The summed E-state index contributed by atoms with van der Waals surface area (Å²) in [5.41, 5.74) is 0.922. The minimum absolute atomic E-state index is 0.123. The number of hydrogen-bond donors (Lipinski definition) is 3. The predicted octanol–water partition coefficient (Wildman–Crippen LogP) is 3.02. The predicted molar refractivity (Wildman–Crippen MR) is 98.8 cm³/mol. The maximum atomic E-state index is 12.3. The Balaban J connectivity index is 1.97. The lowest BCUT2D eigenvalue weighted by atomic mass is 9.95. The summed E-state index contributed by atoms with van der Waals surface area (Å²) in [5, 5.41) is 8.11. The standard InChI is InChI=1S/C19H23N3O4/c1-12(20-17(24)13-8-9-26-11-13)16(23)21-14-6-5-7-15(10-14)22-18(25)19(2,3)4/h5-12H,1-4H3,(H,20,24)(H,21,23)(H,22,25). The third-order valence-electron chi connectivity index (χ3n) is 3.59. The van der Waals surface area contributed by atoms with Crippen molar-refractivity contribution in [2.45, 2.75) is 33.7 Å². The van der Waals surface area contributed by atoms with Crippen molar-refractivity contribution in [3.63, 3.8) is 0 Å². The van der Waals surface area contributed by atoms with Crippen molar-refractivity contribution < 1.29 is 18.8 Å². The molecule has 0 aliphatic carbocycles. The summed E-state index contributed by atoms with van der Waals surface area (Å²) in [6.07, 6.45) is 2.69. The zero-order valence-corrected chi connectivity index (χ0v) is 15.3. The summed E-state index contributed by atoms with van der Waals surface area (Å²) in [6.45, 7) is 7.04. The molecule has 138 valence electrons. The minimum atomic E-state index is -0.745. The lowest BCUT2D eigenvalue weighted by molar-refractivity contribution is -0.123. The Morgan fingerprint density at radius 2 is 1.69 bits per heavy atom. The van der Waals surface area contributed by atoms with Gasteiger partial charge >= 0.3 is 0 Å². The molecule has 3 N–H and O–H groups in total. The maximum Gasteiger partial charge on any atom is 0.255 e. The van der Waals surface area contributed by atoms with Crippen molar-refractivity contribution in [2.75, 3.05) is 10.6 Å². The molecule has 2 rings (SSSR count). The fourth-order valence-corrected chi connectivity index (χ4v) is 1.98. The zero-order valence-electron chi connectivity index (χ0n) is 15.3. The van der Waals surface area contributed by atoms with Gasteiger partial charge in [-0.3, -0.25) is 14.4 Å². The molecule has 3 amide bonds. The molecule has 1 atom stereocenters. The Morgan fingerprint density at radius 3 is 2.27 bits per heavy atom. The number of amides is 3. The van der Waals surface area contributed by atoms with E-state index in [1.54, 1.807) is 31.2 Å². The van der Waals surface area contributed by atoms with Crippen molar-refractivity contribution in [3.8, 4) is 0 Å². The van der Waals surface area contributed by atoms with Crippen molar-refractivity contribution in [1.82, 2.24) is 5.32 Å². The topological polar surface area (TPSA) is 100 Å². The Hall–Kier alpha value is -3.09. The molecule has 0 saturated heterocycles. The quantitative estimate of drug-likeness (QED) is 0.766. The van der Waals surface area contributed by atoms with Gasteiger partial charge in [0.1, 0.15) is 12.3 Å². The number of carbonyl (C=O) groups is 3. The number of carbonyl (C=O) groups excluding carboxylic acids is 3. The number of nitrogens with one attached hydrogen (secondary N) is 3. The number of hydrogen-bond acceptors (Lipinski definition) is 4. The Morgan fingerprint density at radius 1 is 1.04 bits per heavy atom. The average Bonchev–Trinajstić information content (AvgIpc) is 3.08. The maximum absolute atomic E-state index is 12.3. The molecule has 2 aromatic rings. The van der Waals surface area contributed by atoms with Gasteiger partial charge in [0.25, 0.3) is 5.91 Å². The first-order valence-corrected chi connectivity index (χ1v) is 8.22. The van der Waals surface area contributed by atoms with Gasteiger partial charge in [-0.25, -0.2) is 0 Å². The van der Waals surface area contributed by atoms with E-state index in [0.29, 0.717) is 16.9 Å². The van der Waals surface area contributed by atoms with Crippen molar-refractivity contribution in [1.29, 1.82) is 0 Å². The highest BCUT2D eigenvalue weighted by molar-refractivity contribution is 6.01. The van der Waals surface area contributed by atoms with Crippen LogP contribution in [-0.4, -0.2) is 23.8 Å². The molecule has 0 fully saturated rings. The van der Waals surface area contributed by atoms with Crippen LogP contribution in [0.2, 0.25) is 0 Å². The van der Waals surface area contributed by atoms with E-state index in [1.165, 1.54) is 18.6 Å². The molecule has 26 heavy (non-hydrogen) atoms. The Kier molecular flexibility index (Phi) is 5.82. The van der Waals surface area contributed by atoms with Gasteiger partial charge in [-0.2, -0.15) is 0 Å². The van der Waals surface area contributed by atoms with E-state index in [2.05, 4.69) is 16.0 Å². The van der Waals surface area contributed by atoms with E-state index in [1.807, 2.05) is 20.8 Å². The van der Waals surface area contributed by atoms with Crippen LogP contribution in [0.4, 0.5) is 11.4 Å². The first-order chi connectivity index (χ1) is 12.2. The molecule has 1 unspecified atom stereocenters. The van der Waals surface area contributed by atoms with E-state index < -0.39 is 17.4 Å². The van der Waals surface area contributed by atoms with Gasteiger partial charge in [0, 0.05) is 16.8 Å². The average molecular weight is 357 g/mol. The molecule has 1 heterocycles. The zero-order chi connectivity index (χ0) is 19.3. The molecule has 0 saturated carbocycles. The van der Waals surface area contributed by atoms with Crippen LogP contribution in [0.5, 0.6) is 0 Å². The van der Waals surface area contributed by atoms with Gasteiger partial charge in [-0.1, -0.05) is 26.8 Å². The third-order valence-corrected chi connectivity index (χ3v) is 3.59. The van der Waals surface area contributed by atoms with Crippen LogP contribution in [0.3, 0.4) is 0 Å². The second-order valence-electron chi connectivity index (χ2n) is 6.98. The highest BCUT2D eigenvalue weighted by Crippen LogP contribution is 2.20. The molecule has 0 aliphatic heterocycles. The van der Waals surface area contributed by atoms with Crippen LogP contribution >= 0.6 is 0 Å². The number of anilines is 2. The molecule has 7 heteroatoms. The van der Waals surface area contributed by atoms with Crippen LogP contribution in [0.1, 0.15) is 38.1 Å². The molecule has 0 spiro atoms. The van der Waals surface area contributed by atoms with Crippen LogP contribution in [-0.2, 0) is 9.59 Å². The highest BCUT2D eigenvalue weighted by atomic mass is 16.3. The Labute approximate surface area is 152 Å². The summed E-state index contributed by atoms with van der Waals surface area (Å²) in [7, 11) is 0. The lowest BCUT2D eigenvalue weighted by Gasteiger charge is -2.18. The largest absolute Gasteiger partial charge is 0.472 e. The van der Waals surface area contributed by atoms with Gasteiger partial charge in [-0.15, -0.1) is 0 Å². The number of benzene rings is 1. The normalized spacial score (nSPS) is 12.2. The van der Waals surface area contributed by atoms with Gasteiger partial charge in [0.05, 0.1) is 11.8 Å². The molecule has 0 aliphatic rings. The summed E-state index contributed by atoms with van der Waals surface area (Å²) in [5.74, 6) is -0.893. The SMILES string of the molecule is CC(NC(=O)c1ccoc1)C(=O)Nc1cccc(NC(=O)C(C)(C)C)c1. The van der Waals surface area contributed by atoms with Crippen LogP contribution in [0.25, 0.3) is 0 Å². The van der Waals surface area contributed by atoms with Gasteiger partial charge in [-0.05, 0) is 31.2 Å². The molecule has 1 aromatic carbocycles. The number of furan rings is 1. The van der Waals surface area contributed by atoms with Crippen LogP contribution < -0.4 is 16.0 Å². The molecule has 7 nitrogen and oxygen atoms in total. The summed E-state index contributed by atoms with van der Waals surface area (Å²) in [6, 6.07) is 7.60. The van der Waals surface area contributed by atoms with E-state index >= 15 is 0 Å². The monoisotopic (exact) mass is 357 g/mol. The fourth-order valence-electron chi connectivity index (χ4n) is 1.98. The van der Waals surface area contributed by atoms with Crippen LogP contribution in [0, 0.1) is 5.41 Å². The van der Waals surface area contributed by atoms with Crippen molar-refractivity contribution in [2.24, 2.45) is 5.41 Å². The molecular formula is C19H23N3O4. The second kappa shape index (κ2) is 7.86. The van der Waals surface area contributed by atoms with E-state index in [-0.39, 0.29) is 11.8 Å². The highest BCUT2D eigenvalue weighted by Gasteiger charge is 2.21. The van der Waals surface area contributed by atoms with Crippen molar-refractivity contribution in [3.05, 3.63) is 48.4 Å². The van der Waals surface area contributed by atoms with E-state index in [0.717, 1.165) is 0 Å². The van der Waals surface area contributed by atoms with Gasteiger partial charge in [0.15, 0.2) is 0 Å². The number of rotatable bonds is 5. The first-order valence-electron chi connectivity index (χ1n) is 8.22.